The third-order valence-electron chi connectivity index (χ3n) is 4.22. The van der Waals surface area contributed by atoms with Crippen LogP contribution >= 0.6 is 0 Å². The fourth-order valence-electron chi connectivity index (χ4n) is 2.89. The Morgan fingerprint density at radius 1 is 0.852 bits per heavy atom. The second kappa shape index (κ2) is 7.78. The molecule has 0 atom stereocenters. The highest BCUT2D eigenvalue weighted by Gasteiger charge is 2.05. The minimum atomic E-state index is -0.187. The van der Waals surface area contributed by atoms with Gasteiger partial charge in [0.15, 0.2) is 0 Å². The van der Waals surface area contributed by atoms with Crippen LogP contribution in [0.5, 0.6) is 0 Å². The molecule has 2 heterocycles. The third-order valence-corrected chi connectivity index (χ3v) is 4.22. The Morgan fingerprint density at radius 3 is 2.63 bits per heavy atom. The molecular formula is C21H18FN5. The number of benzene rings is 2. The molecule has 134 valence electrons. The second-order valence-electron chi connectivity index (χ2n) is 6.06. The summed E-state index contributed by atoms with van der Waals surface area (Å²) in [6, 6.07) is 18.5. The number of hydrogen-bond acceptors (Lipinski definition) is 5. The van der Waals surface area contributed by atoms with E-state index in [4.69, 9.17) is 0 Å². The van der Waals surface area contributed by atoms with Crippen LogP contribution in [-0.2, 0) is 6.42 Å². The van der Waals surface area contributed by atoms with Crippen molar-refractivity contribution in [2.24, 2.45) is 0 Å². The zero-order chi connectivity index (χ0) is 18.5. The van der Waals surface area contributed by atoms with E-state index in [0.717, 1.165) is 16.6 Å². The normalized spacial score (nSPS) is 10.7. The highest BCUT2D eigenvalue weighted by atomic mass is 19.1. The topological polar surface area (TPSA) is 62.7 Å². The number of hydrogen-bond donors (Lipinski definition) is 2. The minimum Gasteiger partial charge on any atom is -0.370 e. The molecule has 0 radical (unpaired) electrons. The second-order valence-corrected chi connectivity index (χ2v) is 6.06. The Bertz CT molecular complexity index is 1060. The molecule has 0 spiro atoms. The Balaban J connectivity index is 1.45. The van der Waals surface area contributed by atoms with Gasteiger partial charge in [-0.2, -0.15) is 0 Å². The van der Waals surface area contributed by atoms with Gasteiger partial charge < -0.3 is 10.6 Å². The maximum atomic E-state index is 13.7. The van der Waals surface area contributed by atoms with Gasteiger partial charge in [0.05, 0.1) is 11.2 Å². The van der Waals surface area contributed by atoms with Crippen LogP contribution in [0.4, 0.5) is 21.7 Å². The van der Waals surface area contributed by atoms with Gasteiger partial charge in [-0.05, 0) is 30.2 Å². The molecule has 2 N–H and O–H groups in total. The Hall–Kier alpha value is -3.54. The number of halogens is 1. The van der Waals surface area contributed by atoms with Gasteiger partial charge in [-0.15, -0.1) is 0 Å². The van der Waals surface area contributed by atoms with Crippen molar-refractivity contribution in [3.05, 3.63) is 84.6 Å². The van der Waals surface area contributed by atoms with Crippen LogP contribution in [0.15, 0.2) is 73.2 Å². The first-order valence-electron chi connectivity index (χ1n) is 8.70. The molecule has 6 heteroatoms. The van der Waals surface area contributed by atoms with E-state index in [-0.39, 0.29) is 5.82 Å². The molecule has 0 aliphatic heterocycles. The molecule has 0 aliphatic rings. The van der Waals surface area contributed by atoms with Crippen LogP contribution in [0, 0.1) is 5.82 Å². The lowest BCUT2D eigenvalue weighted by atomic mass is 10.1. The average Bonchev–Trinajstić information content (AvgIpc) is 2.70. The summed E-state index contributed by atoms with van der Waals surface area (Å²) in [5.41, 5.74) is 2.44. The van der Waals surface area contributed by atoms with Gasteiger partial charge in [0, 0.05) is 24.2 Å². The van der Waals surface area contributed by atoms with Crippen molar-refractivity contribution in [2.75, 3.05) is 17.2 Å². The number of pyridine rings is 1. The van der Waals surface area contributed by atoms with Gasteiger partial charge in [-0.3, -0.25) is 4.98 Å². The SMILES string of the molecule is Fc1ccccc1CCNc1cc(Nc2cccc3cccnc23)ncn1. The predicted octanol–water partition coefficient (Wildman–Crippen LogP) is 4.56. The number of para-hydroxylation sites is 1. The van der Waals surface area contributed by atoms with Crippen molar-refractivity contribution in [3.63, 3.8) is 0 Å². The molecule has 0 fully saturated rings. The van der Waals surface area contributed by atoms with E-state index in [1.54, 1.807) is 18.3 Å². The van der Waals surface area contributed by atoms with Crippen LogP contribution in [0.2, 0.25) is 0 Å². The summed E-state index contributed by atoms with van der Waals surface area (Å²) < 4.78 is 13.7. The average molecular weight is 359 g/mol. The fraction of sp³-hybridized carbons (Fsp3) is 0.0952. The Morgan fingerprint density at radius 2 is 1.70 bits per heavy atom. The number of nitrogens with one attached hydrogen (secondary N) is 2. The zero-order valence-corrected chi connectivity index (χ0v) is 14.6. The lowest BCUT2D eigenvalue weighted by molar-refractivity contribution is 0.610. The molecule has 0 amide bonds. The van der Waals surface area contributed by atoms with Gasteiger partial charge in [0.1, 0.15) is 23.8 Å². The van der Waals surface area contributed by atoms with Crippen molar-refractivity contribution in [2.45, 2.75) is 6.42 Å². The molecule has 2 aromatic carbocycles. The molecule has 0 bridgehead atoms. The van der Waals surface area contributed by atoms with Gasteiger partial charge in [-0.25, -0.2) is 14.4 Å². The van der Waals surface area contributed by atoms with Crippen molar-refractivity contribution in [1.29, 1.82) is 0 Å². The minimum absolute atomic E-state index is 0.187. The summed E-state index contributed by atoms with van der Waals surface area (Å²) in [5.74, 6) is 1.15. The van der Waals surface area contributed by atoms with Gasteiger partial charge in [0.25, 0.3) is 0 Å². The standard InChI is InChI=1S/C21H18FN5/c22-17-8-2-1-5-15(17)10-12-23-19-13-20(26-14-25-19)27-18-9-3-6-16-7-4-11-24-21(16)18/h1-9,11,13-14H,10,12H2,(H2,23,25,26,27). The molecule has 0 saturated carbocycles. The van der Waals surface area contributed by atoms with E-state index in [0.29, 0.717) is 30.2 Å². The van der Waals surface area contributed by atoms with Crippen molar-refractivity contribution >= 4 is 28.2 Å². The lowest BCUT2D eigenvalue weighted by Gasteiger charge is -2.10. The monoisotopic (exact) mass is 359 g/mol. The summed E-state index contributed by atoms with van der Waals surface area (Å²) in [5, 5.41) is 7.56. The first-order valence-corrected chi connectivity index (χ1v) is 8.70. The number of aromatic nitrogens is 3. The van der Waals surface area contributed by atoms with Crippen molar-refractivity contribution < 1.29 is 4.39 Å². The number of anilines is 3. The number of nitrogens with zero attached hydrogens (tertiary/aromatic N) is 3. The number of rotatable bonds is 6. The number of fused-ring (bicyclic) bond motifs is 1. The molecular weight excluding hydrogens is 341 g/mol. The summed E-state index contributed by atoms with van der Waals surface area (Å²) in [6.07, 6.45) is 3.84. The van der Waals surface area contributed by atoms with Crippen LogP contribution in [-0.4, -0.2) is 21.5 Å². The van der Waals surface area contributed by atoms with Gasteiger partial charge in [-0.1, -0.05) is 36.4 Å². The smallest absolute Gasteiger partial charge is 0.135 e. The van der Waals surface area contributed by atoms with E-state index in [1.165, 1.54) is 12.4 Å². The summed E-state index contributed by atoms with van der Waals surface area (Å²) in [7, 11) is 0. The molecule has 2 aromatic heterocycles. The summed E-state index contributed by atoms with van der Waals surface area (Å²) in [6.45, 7) is 0.577. The van der Waals surface area contributed by atoms with E-state index in [1.807, 2.05) is 42.5 Å². The highest BCUT2D eigenvalue weighted by Crippen LogP contribution is 2.24. The van der Waals surface area contributed by atoms with E-state index < -0.39 is 0 Å². The largest absolute Gasteiger partial charge is 0.370 e. The Kier molecular flexibility index (Phi) is 4.87. The van der Waals surface area contributed by atoms with Crippen molar-refractivity contribution in [3.8, 4) is 0 Å². The molecule has 27 heavy (non-hydrogen) atoms. The van der Waals surface area contributed by atoms with Crippen LogP contribution in [0.1, 0.15) is 5.56 Å². The van der Waals surface area contributed by atoms with E-state index in [9.17, 15) is 4.39 Å². The first kappa shape index (κ1) is 16.9. The molecule has 0 aliphatic carbocycles. The van der Waals surface area contributed by atoms with Crippen LogP contribution < -0.4 is 10.6 Å². The van der Waals surface area contributed by atoms with E-state index >= 15 is 0 Å². The molecule has 5 nitrogen and oxygen atoms in total. The Labute approximate surface area is 156 Å². The zero-order valence-electron chi connectivity index (χ0n) is 14.6. The predicted molar refractivity (Wildman–Crippen MR) is 106 cm³/mol. The molecule has 0 saturated heterocycles. The third kappa shape index (κ3) is 4.00. The maximum absolute atomic E-state index is 13.7. The molecule has 0 unspecified atom stereocenters. The first-order chi connectivity index (χ1) is 13.3. The quantitative estimate of drug-likeness (QED) is 0.528. The highest BCUT2D eigenvalue weighted by molar-refractivity contribution is 5.91. The van der Waals surface area contributed by atoms with Crippen LogP contribution in [0.25, 0.3) is 10.9 Å². The van der Waals surface area contributed by atoms with Gasteiger partial charge >= 0.3 is 0 Å². The van der Waals surface area contributed by atoms with Gasteiger partial charge in [0.2, 0.25) is 0 Å². The lowest BCUT2D eigenvalue weighted by Crippen LogP contribution is -2.08. The summed E-state index contributed by atoms with van der Waals surface area (Å²) >= 11 is 0. The maximum Gasteiger partial charge on any atom is 0.135 e. The summed E-state index contributed by atoms with van der Waals surface area (Å²) in [4.78, 5) is 12.9. The fourth-order valence-corrected chi connectivity index (χ4v) is 2.89. The van der Waals surface area contributed by atoms with Crippen molar-refractivity contribution in [1.82, 2.24) is 15.0 Å². The molecule has 4 rings (SSSR count). The van der Waals surface area contributed by atoms with Crippen LogP contribution in [0.3, 0.4) is 0 Å². The molecule has 4 aromatic rings. The van der Waals surface area contributed by atoms with E-state index in [2.05, 4.69) is 25.6 Å².